The van der Waals surface area contributed by atoms with Gasteiger partial charge in [-0.1, -0.05) is 0 Å². The quantitative estimate of drug-likeness (QED) is 0.815. The van der Waals surface area contributed by atoms with Gasteiger partial charge in [-0.3, -0.25) is 0 Å². The Morgan fingerprint density at radius 3 is 2.50 bits per heavy atom. The van der Waals surface area contributed by atoms with E-state index in [9.17, 15) is 0 Å². The zero-order chi connectivity index (χ0) is 12.8. The number of nitrogens with one attached hydrogen (secondary N) is 1. The monoisotopic (exact) mass is 264 g/mol. The first-order chi connectivity index (χ1) is 8.83. The van der Waals surface area contributed by atoms with Gasteiger partial charge >= 0.3 is 0 Å². The van der Waals surface area contributed by atoms with Crippen LogP contribution in [0.25, 0.3) is 10.6 Å². The number of anilines is 1. The van der Waals surface area contributed by atoms with Crippen LogP contribution < -0.4 is 5.32 Å². The van der Waals surface area contributed by atoms with Crippen molar-refractivity contribution in [1.82, 2.24) is 4.98 Å². The predicted molar refractivity (Wildman–Crippen MR) is 73.8 cm³/mol. The molecule has 0 amide bonds. The van der Waals surface area contributed by atoms with Crippen molar-refractivity contribution in [2.24, 2.45) is 0 Å². The van der Waals surface area contributed by atoms with Crippen molar-refractivity contribution in [2.45, 2.75) is 6.29 Å². The van der Waals surface area contributed by atoms with Gasteiger partial charge in [0.05, 0.1) is 6.54 Å². The lowest BCUT2D eigenvalue weighted by atomic mass is 10.2. The summed E-state index contributed by atoms with van der Waals surface area (Å²) in [7, 11) is 3.25. The van der Waals surface area contributed by atoms with Crippen LogP contribution in [-0.4, -0.2) is 32.0 Å². The molecule has 0 aliphatic rings. The zero-order valence-corrected chi connectivity index (χ0v) is 11.2. The number of thiazole rings is 1. The van der Waals surface area contributed by atoms with Crippen LogP contribution in [0.3, 0.4) is 0 Å². The topological polar surface area (TPSA) is 43.4 Å². The molecule has 0 bridgehead atoms. The maximum Gasteiger partial charge on any atom is 0.173 e. The number of hydrogen-bond donors (Lipinski definition) is 1. The van der Waals surface area contributed by atoms with Crippen LogP contribution in [0.4, 0.5) is 5.69 Å². The normalized spacial score (nSPS) is 10.8. The number of aromatic nitrogens is 1. The van der Waals surface area contributed by atoms with Gasteiger partial charge in [-0.2, -0.15) is 0 Å². The highest BCUT2D eigenvalue weighted by atomic mass is 32.1. The van der Waals surface area contributed by atoms with E-state index in [-0.39, 0.29) is 6.29 Å². The van der Waals surface area contributed by atoms with Crippen molar-refractivity contribution in [3.63, 3.8) is 0 Å². The SMILES string of the molecule is COC(CNc1ccc(-c2nccs2)cc1)OC. The van der Waals surface area contributed by atoms with Crippen LogP contribution in [0.15, 0.2) is 35.8 Å². The molecule has 0 aliphatic heterocycles. The van der Waals surface area contributed by atoms with Crippen LogP contribution in [0.5, 0.6) is 0 Å². The molecule has 0 radical (unpaired) electrons. The van der Waals surface area contributed by atoms with E-state index in [0.29, 0.717) is 6.54 Å². The second-order valence-corrected chi connectivity index (χ2v) is 4.59. The van der Waals surface area contributed by atoms with Crippen molar-refractivity contribution >= 4 is 17.0 Å². The van der Waals surface area contributed by atoms with E-state index < -0.39 is 0 Å². The van der Waals surface area contributed by atoms with Crippen molar-refractivity contribution < 1.29 is 9.47 Å². The number of methoxy groups -OCH3 is 2. The van der Waals surface area contributed by atoms with Crippen LogP contribution in [0.1, 0.15) is 0 Å². The lowest BCUT2D eigenvalue weighted by Gasteiger charge is -2.14. The highest BCUT2D eigenvalue weighted by Crippen LogP contribution is 2.23. The molecule has 2 aromatic rings. The molecule has 96 valence electrons. The number of ether oxygens (including phenoxy) is 2. The van der Waals surface area contributed by atoms with Gasteiger partial charge in [-0.05, 0) is 24.3 Å². The van der Waals surface area contributed by atoms with E-state index in [1.807, 2.05) is 23.7 Å². The summed E-state index contributed by atoms with van der Waals surface area (Å²) in [5.74, 6) is 0. The molecular weight excluding hydrogens is 248 g/mol. The van der Waals surface area contributed by atoms with Gasteiger partial charge in [-0.15, -0.1) is 11.3 Å². The third kappa shape index (κ3) is 3.29. The highest BCUT2D eigenvalue weighted by molar-refractivity contribution is 7.13. The summed E-state index contributed by atoms with van der Waals surface area (Å²) in [6.45, 7) is 0.615. The Kier molecular flexibility index (Phi) is 4.69. The van der Waals surface area contributed by atoms with Gasteiger partial charge < -0.3 is 14.8 Å². The third-order valence-corrected chi connectivity index (χ3v) is 3.38. The van der Waals surface area contributed by atoms with Crippen molar-refractivity contribution in [3.05, 3.63) is 35.8 Å². The smallest absolute Gasteiger partial charge is 0.173 e. The fraction of sp³-hybridized carbons (Fsp3) is 0.308. The molecule has 0 fully saturated rings. The molecule has 0 saturated heterocycles. The molecule has 1 N–H and O–H groups in total. The second kappa shape index (κ2) is 6.49. The Hall–Kier alpha value is -1.43. The molecule has 0 aliphatic carbocycles. The van der Waals surface area contributed by atoms with Gasteiger partial charge in [0, 0.05) is 37.0 Å². The maximum absolute atomic E-state index is 5.11. The summed E-state index contributed by atoms with van der Waals surface area (Å²) in [6, 6.07) is 8.16. The van der Waals surface area contributed by atoms with E-state index in [2.05, 4.69) is 22.4 Å². The Morgan fingerprint density at radius 2 is 1.94 bits per heavy atom. The minimum absolute atomic E-state index is 0.233. The summed E-state index contributed by atoms with van der Waals surface area (Å²) < 4.78 is 10.2. The first-order valence-corrected chi connectivity index (χ1v) is 6.51. The predicted octanol–water partition coefficient (Wildman–Crippen LogP) is 2.84. The minimum Gasteiger partial charge on any atom is -0.380 e. The molecule has 1 aromatic heterocycles. The summed E-state index contributed by atoms with van der Waals surface area (Å²) in [5.41, 5.74) is 2.17. The van der Waals surface area contributed by atoms with E-state index in [1.165, 1.54) is 0 Å². The Labute approximate surface area is 111 Å². The molecule has 5 heteroatoms. The Morgan fingerprint density at radius 1 is 1.22 bits per heavy atom. The zero-order valence-electron chi connectivity index (χ0n) is 10.4. The number of hydrogen-bond acceptors (Lipinski definition) is 5. The van der Waals surface area contributed by atoms with Crippen LogP contribution in [0, 0.1) is 0 Å². The van der Waals surface area contributed by atoms with Crippen molar-refractivity contribution in [1.29, 1.82) is 0 Å². The number of rotatable bonds is 6. The van der Waals surface area contributed by atoms with Gasteiger partial charge in [0.25, 0.3) is 0 Å². The van der Waals surface area contributed by atoms with E-state index in [4.69, 9.17) is 9.47 Å². The number of nitrogens with zero attached hydrogens (tertiary/aromatic N) is 1. The molecular formula is C13H16N2O2S. The van der Waals surface area contributed by atoms with Gasteiger partial charge in [-0.25, -0.2) is 4.98 Å². The van der Waals surface area contributed by atoms with Crippen molar-refractivity contribution in [3.8, 4) is 10.6 Å². The van der Waals surface area contributed by atoms with Crippen LogP contribution in [0.2, 0.25) is 0 Å². The molecule has 0 atom stereocenters. The minimum atomic E-state index is -0.233. The molecule has 2 rings (SSSR count). The lowest BCUT2D eigenvalue weighted by Crippen LogP contribution is -2.23. The standard InChI is InChI=1S/C13H16N2O2S/c1-16-12(17-2)9-15-11-5-3-10(4-6-11)13-14-7-8-18-13/h3-8,12,15H,9H2,1-2H3. The first-order valence-electron chi connectivity index (χ1n) is 5.63. The molecule has 0 unspecified atom stereocenters. The summed E-state index contributed by atoms with van der Waals surface area (Å²) in [6.07, 6.45) is 1.58. The lowest BCUT2D eigenvalue weighted by molar-refractivity contribution is -0.0914. The fourth-order valence-corrected chi connectivity index (χ4v) is 2.21. The molecule has 18 heavy (non-hydrogen) atoms. The van der Waals surface area contributed by atoms with Crippen LogP contribution in [-0.2, 0) is 9.47 Å². The highest BCUT2D eigenvalue weighted by Gasteiger charge is 2.04. The van der Waals surface area contributed by atoms with Gasteiger partial charge in [0.2, 0.25) is 0 Å². The fourth-order valence-electron chi connectivity index (χ4n) is 1.56. The summed E-state index contributed by atoms with van der Waals surface area (Å²) in [4.78, 5) is 4.28. The third-order valence-electron chi connectivity index (χ3n) is 2.56. The van der Waals surface area contributed by atoms with Gasteiger partial charge in [0.15, 0.2) is 6.29 Å². The van der Waals surface area contributed by atoms with Gasteiger partial charge in [0.1, 0.15) is 5.01 Å². The molecule has 1 heterocycles. The summed E-state index contributed by atoms with van der Waals surface area (Å²) in [5, 5.41) is 6.26. The molecule has 0 spiro atoms. The van der Waals surface area contributed by atoms with E-state index >= 15 is 0 Å². The Balaban J connectivity index is 1.96. The van der Waals surface area contributed by atoms with E-state index in [1.54, 1.807) is 25.6 Å². The summed E-state index contributed by atoms with van der Waals surface area (Å²) >= 11 is 1.64. The molecule has 1 aromatic carbocycles. The maximum atomic E-state index is 5.11. The van der Waals surface area contributed by atoms with Crippen LogP contribution >= 0.6 is 11.3 Å². The second-order valence-electron chi connectivity index (χ2n) is 3.70. The first kappa shape index (κ1) is 13.0. The number of benzene rings is 1. The van der Waals surface area contributed by atoms with E-state index in [0.717, 1.165) is 16.3 Å². The molecule has 4 nitrogen and oxygen atoms in total. The average molecular weight is 264 g/mol. The Bertz CT molecular complexity index is 452. The van der Waals surface area contributed by atoms with Crippen molar-refractivity contribution in [2.75, 3.05) is 26.1 Å². The largest absolute Gasteiger partial charge is 0.380 e. The molecule has 0 saturated carbocycles. The average Bonchev–Trinajstić information content (AvgIpc) is 2.94.